The van der Waals surface area contributed by atoms with Gasteiger partial charge in [0.05, 0.1) is 31.2 Å². The Balaban J connectivity index is 2.83. The molecule has 1 rings (SSSR count). The van der Waals surface area contributed by atoms with Crippen LogP contribution in [0.25, 0.3) is 0 Å². The molecule has 0 unspecified atom stereocenters. The van der Waals surface area contributed by atoms with Crippen LogP contribution in [0.1, 0.15) is 11.3 Å². The standard InChI is InChI=1S/C13H22N2O4S/c1-12-4-5-14-13(10-12)11-15(6-7-18-2)20(16,17)9-8-19-3/h4-5,10H,6-9,11H2,1-3H3. The summed E-state index contributed by atoms with van der Waals surface area (Å²) >= 11 is 0. The van der Waals surface area contributed by atoms with Gasteiger partial charge in [-0.25, -0.2) is 8.42 Å². The Kier molecular flexibility index (Phi) is 7.08. The quantitative estimate of drug-likeness (QED) is 0.675. The summed E-state index contributed by atoms with van der Waals surface area (Å²) < 4.78 is 35.7. The van der Waals surface area contributed by atoms with Crippen molar-refractivity contribution in [1.29, 1.82) is 0 Å². The van der Waals surface area contributed by atoms with E-state index in [1.807, 2.05) is 19.1 Å². The highest BCUT2D eigenvalue weighted by Crippen LogP contribution is 2.09. The van der Waals surface area contributed by atoms with Gasteiger partial charge in [0.1, 0.15) is 0 Å². The van der Waals surface area contributed by atoms with Crippen LogP contribution in [0.4, 0.5) is 0 Å². The zero-order chi connectivity index (χ0) is 15.0. The third kappa shape index (κ3) is 5.54. The van der Waals surface area contributed by atoms with Gasteiger partial charge < -0.3 is 9.47 Å². The fourth-order valence-electron chi connectivity index (χ4n) is 1.69. The molecule has 0 radical (unpaired) electrons. The second-order valence-electron chi connectivity index (χ2n) is 4.46. The Morgan fingerprint density at radius 2 is 1.95 bits per heavy atom. The van der Waals surface area contributed by atoms with Gasteiger partial charge in [0.2, 0.25) is 10.0 Å². The summed E-state index contributed by atoms with van der Waals surface area (Å²) in [6.45, 7) is 3.02. The van der Waals surface area contributed by atoms with Crippen LogP contribution in [-0.2, 0) is 26.0 Å². The molecule has 1 heterocycles. The number of ether oxygens (including phenoxy) is 2. The van der Waals surface area contributed by atoms with Crippen molar-refractivity contribution < 1.29 is 17.9 Å². The van der Waals surface area contributed by atoms with E-state index in [2.05, 4.69) is 4.98 Å². The van der Waals surface area contributed by atoms with E-state index in [1.165, 1.54) is 11.4 Å². The molecule has 6 nitrogen and oxygen atoms in total. The first-order chi connectivity index (χ1) is 9.49. The third-order valence-electron chi connectivity index (χ3n) is 2.79. The fraction of sp³-hybridized carbons (Fsp3) is 0.615. The number of nitrogens with zero attached hydrogens (tertiary/aromatic N) is 2. The second kappa shape index (κ2) is 8.31. The summed E-state index contributed by atoms with van der Waals surface area (Å²) in [6, 6.07) is 3.76. The largest absolute Gasteiger partial charge is 0.384 e. The van der Waals surface area contributed by atoms with Gasteiger partial charge in [0.15, 0.2) is 0 Å². The van der Waals surface area contributed by atoms with E-state index >= 15 is 0 Å². The van der Waals surface area contributed by atoms with Crippen LogP contribution in [0.3, 0.4) is 0 Å². The van der Waals surface area contributed by atoms with Crippen LogP contribution in [0.2, 0.25) is 0 Å². The number of hydrogen-bond donors (Lipinski definition) is 0. The molecule has 0 N–H and O–H groups in total. The summed E-state index contributed by atoms with van der Waals surface area (Å²) in [5.74, 6) is -0.0426. The molecular formula is C13H22N2O4S. The SMILES string of the molecule is COCCN(Cc1cc(C)ccn1)S(=O)(=O)CCOC. The predicted octanol–water partition coefficient (Wildman–Crippen LogP) is 0.815. The lowest BCUT2D eigenvalue weighted by molar-refractivity contribution is 0.175. The van der Waals surface area contributed by atoms with Crippen molar-refractivity contribution in [2.75, 3.05) is 39.7 Å². The van der Waals surface area contributed by atoms with Gasteiger partial charge in [-0.15, -0.1) is 0 Å². The number of sulfonamides is 1. The molecule has 0 aromatic carbocycles. The normalized spacial score (nSPS) is 12.0. The van der Waals surface area contributed by atoms with Crippen molar-refractivity contribution in [3.63, 3.8) is 0 Å². The molecule has 0 spiro atoms. The van der Waals surface area contributed by atoms with Crippen LogP contribution in [0.15, 0.2) is 18.3 Å². The first kappa shape index (κ1) is 17.0. The topological polar surface area (TPSA) is 68.7 Å². The van der Waals surface area contributed by atoms with E-state index < -0.39 is 10.0 Å². The van der Waals surface area contributed by atoms with Crippen molar-refractivity contribution in [3.8, 4) is 0 Å². The van der Waals surface area contributed by atoms with Crippen molar-refractivity contribution in [3.05, 3.63) is 29.6 Å². The van der Waals surface area contributed by atoms with E-state index in [0.29, 0.717) is 13.2 Å². The van der Waals surface area contributed by atoms with Gasteiger partial charge in [-0.1, -0.05) is 0 Å². The smallest absolute Gasteiger partial charge is 0.216 e. The zero-order valence-electron chi connectivity index (χ0n) is 12.2. The van der Waals surface area contributed by atoms with Gasteiger partial charge >= 0.3 is 0 Å². The monoisotopic (exact) mass is 302 g/mol. The van der Waals surface area contributed by atoms with Crippen LogP contribution in [0, 0.1) is 6.92 Å². The lowest BCUT2D eigenvalue weighted by atomic mass is 10.2. The van der Waals surface area contributed by atoms with Crippen molar-refractivity contribution in [2.45, 2.75) is 13.5 Å². The van der Waals surface area contributed by atoms with Gasteiger partial charge in [-0.05, 0) is 24.6 Å². The maximum atomic E-state index is 12.2. The first-order valence-corrected chi connectivity index (χ1v) is 7.97. The number of pyridine rings is 1. The molecule has 0 aliphatic carbocycles. The minimum Gasteiger partial charge on any atom is -0.384 e. The average Bonchev–Trinajstić information content (AvgIpc) is 2.41. The fourth-order valence-corrected chi connectivity index (χ4v) is 3.01. The highest BCUT2D eigenvalue weighted by Gasteiger charge is 2.22. The lowest BCUT2D eigenvalue weighted by Crippen LogP contribution is -2.36. The van der Waals surface area contributed by atoms with Gasteiger partial charge in [-0.3, -0.25) is 4.98 Å². The van der Waals surface area contributed by atoms with E-state index in [9.17, 15) is 8.42 Å². The lowest BCUT2D eigenvalue weighted by Gasteiger charge is -2.21. The van der Waals surface area contributed by atoms with E-state index in [4.69, 9.17) is 9.47 Å². The molecule has 0 saturated heterocycles. The predicted molar refractivity (Wildman–Crippen MR) is 76.9 cm³/mol. The molecule has 0 aliphatic rings. The summed E-state index contributed by atoms with van der Waals surface area (Å²) in [7, 11) is -0.350. The Bertz CT molecular complexity index is 505. The van der Waals surface area contributed by atoms with Gasteiger partial charge in [0, 0.05) is 27.0 Å². The van der Waals surface area contributed by atoms with Crippen molar-refractivity contribution >= 4 is 10.0 Å². The molecule has 0 fully saturated rings. The molecule has 0 atom stereocenters. The third-order valence-corrected chi connectivity index (χ3v) is 4.58. The Morgan fingerprint density at radius 1 is 1.25 bits per heavy atom. The van der Waals surface area contributed by atoms with Crippen LogP contribution in [-0.4, -0.2) is 57.4 Å². The molecule has 114 valence electrons. The molecular weight excluding hydrogens is 280 g/mol. The zero-order valence-corrected chi connectivity index (χ0v) is 13.0. The maximum absolute atomic E-state index is 12.2. The number of aromatic nitrogens is 1. The van der Waals surface area contributed by atoms with Crippen molar-refractivity contribution in [2.24, 2.45) is 0 Å². The molecule has 0 amide bonds. The minimum atomic E-state index is -3.38. The average molecular weight is 302 g/mol. The van der Waals surface area contributed by atoms with Crippen LogP contribution in [0.5, 0.6) is 0 Å². The Hall–Kier alpha value is -1.02. The molecule has 20 heavy (non-hydrogen) atoms. The van der Waals surface area contributed by atoms with E-state index in [-0.39, 0.29) is 18.9 Å². The highest BCUT2D eigenvalue weighted by atomic mass is 32.2. The van der Waals surface area contributed by atoms with Gasteiger partial charge in [-0.2, -0.15) is 4.31 Å². The maximum Gasteiger partial charge on any atom is 0.216 e. The summed E-state index contributed by atoms with van der Waals surface area (Å²) in [4.78, 5) is 4.20. The summed E-state index contributed by atoms with van der Waals surface area (Å²) in [5, 5.41) is 0. The molecule has 0 aliphatic heterocycles. The molecule has 0 bridgehead atoms. The number of hydrogen-bond acceptors (Lipinski definition) is 5. The summed E-state index contributed by atoms with van der Waals surface area (Å²) in [5.41, 5.74) is 1.78. The van der Waals surface area contributed by atoms with E-state index in [0.717, 1.165) is 11.3 Å². The second-order valence-corrected chi connectivity index (χ2v) is 6.55. The van der Waals surface area contributed by atoms with Gasteiger partial charge in [0.25, 0.3) is 0 Å². The van der Waals surface area contributed by atoms with E-state index in [1.54, 1.807) is 13.3 Å². The van der Waals surface area contributed by atoms with Crippen LogP contribution >= 0.6 is 0 Å². The van der Waals surface area contributed by atoms with Crippen LogP contribution < -0.4 is 0 Å². The Morgan fingerprint density at radius 3 is 2.55 bits per heavy atom. The number of methoxy groups -OCH3 is 2. The summed E-state index contributed by atoms with van der Waals surface area (Å²) in [6.07, 6.45) is 1.68. The number of aryl methyl sites for hydroxylation is 1. The number of rotatable bonds is 9. The molecule has 1 aromatic rings. The van der Waals surface area contributed by atoms with Crippen molar-refractivity contribution in [1.82, 2.24) is 9.29 Å². The minimum absolute atomic E-state index is 0.0426. The molecule has 7 heteroatoms. The molecule has 0 saturated carbocycles. The highest BCUT2D eigenvalue weighted by molar-refractivity contribution is 7.89. The molecule has 1 aromatic heterocycles. The Labute approximate surface area is 120 Å². The first-order valence-electron chi connectivity index (χ1n) is 6.37.